The fourth-order valence-electron chi connectivity index (χ4n) is 2.33. The van der Waals surface area contributed by atoms with Crippen LogP contribution in [0.3, 0.4) is 0 Å². The summed E-state index contributed by atoms with van der Waals surface area (Å²) in [6, 6.07) is 10.0. The number of ether oxygens (including phenoxy) is 1. The molecule has 1 atom stereocenters. The Morgan fingerprint density at radius 2 is 2.16 bits per heavy atom. The lowest BCUT2D eigenvalue weighted by Crippen LogP contribution is -2.39. The van der Waals surface area contributed by atoms with Crippen LogP contribution in [0.1, 0.15) is 24.8 Å². The van der Waals surface area contributed by atoms with Gasteiger partial charge in [-0.3, -0.25) is 4.79 Å². The minimum absolute atomic E-state index is 0.106. The predicted octanol–water partition coefficient (Wildman–Crippen LogP) is 1.54. The van der Waals surface area contributed by atoms with Crippen LogP contribution in [-0.2, 0) is 16.1 Å². The van der Waals surface area contributed by atoms with Gasteiger partial charge in [0.15, 0.2) is 0 Å². The van der Waals surface area contributed by atoms with Gasteiger partial charge in [0.25, 0.3) is 5.91 Å². The molecule has 104 valence electrons. The largest absolute Gasteiger partial charge is 0.368 e. The number of carbonyl (C=O) groups is 1. The number of hydrogen-bond acceptors (Lipinski definition) is 3. The van der Waals surface area contributed by atoms with Gasteiger partial charge in [-0.05, 0) is 31.4 Å². The van der Waals surface area contributed by atoms with E-state index >= 15 is 0 Å². The highest BCUT2D eigenvalue weighted by atomic mass is 16.5. The normalized spacial score (nSPS) is 18.5. The maximum Gasteiger partial charge on any atom is 0.251 e. The van der Waals surface area contributed by atoms with Crippen LogP contribution in [0.5, 0.6) is 0 Å². The van der Waals surface area contributed by atoms with Crippen LogP contribution in [0, 0.1) is 0 Å². The van der Waals surface area contributed by atoms with Crippen molar-refractivity contribution in [1.29, 1.82) is 0 Å². The maximum atomic E-state index is 12.4. The summed E-state index contributed by atoms with van der Waals surface area (Å²) in [6.45, 7) is 2.64. The van der Waals surface area contributed by atoms with Gasteiger partial charge in [-0.15, -0.1) is 0 Å². The lowest BCUT2D eigenvalue weighted by Gasteiger charge is -2.25. The van der Waals surface area contributed by atoms with Crippen molar-refractivity contribution in [3.05, 3.63) is 35.9 Å². The first-order valence-electron chi connectivity index (χ1n) is 6.95. The Morgan fingerprint density at radius 3 is 2.79 bits per heavy atom. The molecular formula is C15H22N2O2. The van der Waals surface area contributed by atoms with Crippen molar-refractivity contribution in [3.8, 4) is 0 Å². The quantitative estimate of drug-likeness (QED) is 0.846. The SMILES string of the molecule is NCCCN(Cc1ccccc1)C(=O)[C@H]1CCCO1. The second-order valence-electron chi connectivity index (χ2n) is 4.89. The van der Waals surface area contributed by atoms with Crippen LogP contribution in [0.15, 0.2) is 30.3 Å². The minimum Gasteiger partial charge on any atom is -0.368 e. The molecule has 1 fully saturated rings. The first-order valence-corrected chi connectivity index (χ1v) is 6.95. The highest BCUT2D eigenvalue weighted by Crippen LogP contribution is 2.16. The van der Waals surface area contributed by atoms with Gasteiger partial charge in [0.05, 0.1) is 0 Å². The van der Waals surface area contributed by atoms with Gasteiger partial charge in [-0.25, -0.2) is 0 Å². The third-order valence-electron chi connectivity index (χ3n) is 3.37. The number of benzene rings is 1. The molecule has 0 unspecified atom stereocenters. The highest BCUT2D eigenvalue weighted by Gasteiger charge is 2.27. The number of amides is 1. The monoisotopic (exact) mass is 262 g/mol. The van der Waals surface area contributed by atoms with Gasteiger partial charge >= 0.3 is 0 Å². The molecule has 1 heterocycles. The summed E-state index contributed by atoms with van der Waals surface area (Å²) in [5.74, 6) is 0.106. The van der Waals surface area contributed by atoms with E-state index in [2.05, 4.69) is 0 Å². The Hall–Kier alpha value is -1.39. The molecule has 2 rings (SSSR count). The zero-order valence-corrected chi connectivity index (χ0v) is 11.3. The van der Waals surface area contributed by atoms with E-state index in [1.165, 1.54) is 0 Å². The molecule has 1 aromatic carbocycles. The fourth-order valence-corrected chi connectivity index (χ4v) is 2.33. The second kappa shape index (κ2) is 7.26. The molecule has 0 radical (unpaired) electrons. The third kappa shape index (κ3) is 4.04. The van der Waals surface area contributed by atoms with Crippen LogP contribution in [0.2, 0.25) is 0 Å². The van der Waals surface area contributed by atoms with E-state index in [0.717, 1.165) is 24.8 Å². The van der Waals surface area contributed by atoms with Crippen LogP contribution in [0.25, 0.3) is 0 Å². The topological polar surface area (TPSA) is 55.6 Å². The maximum absolute atomic E-state index is 12.4. The fraction of sp³-hybridized carbons (Fsp3) is 0.533. The van der Waals surface area contributed by atoms with Crippen molar-refractivity contribution in [2.75, 3.05) is 19.7 Å². The lowest BCUT2D eigenvalue weighted by molar-refractivity contribution is -0.141. The Labute approximate surface area is 114 Å². The lowest BCUT2D eigenvalue weighted by atomic mass is 10.1. The Morgan fingerprint density at radius 1 is 1.37 bits per heavy atom. The van der Waals surface area contributed by atoms with Gasteiger partial charge in [-0.1, -0.05) is 30.3 Å². The Bertz CT molecular complexity index is 388. The zero-order chi connectivity index (χ0) is 13.5. The number of carbonyl (C=O) groups excluding carboxylic acids is 1. The standard InChI is InChI=1S/C15H22N2O2/c16-9-5-10-17(12-13-6-2-1-3-7-13)15(18)14-8-4-11-19-14/h1-3,6-7,14H,4-5,8-12,16H2/t14-/m1/s1. The van der Waals surface area contributed by atoms with Crippen LogP contribution < -0.4 is 5.73 Å². The third-order valence-corrected chi connectivity index (χ3v) is 3.37. The molecule has 4 nitrogen and oxygen atoms in total. The van der Waals surface area contributed by atoms with Crippen molar-refractivity contribution >= 4 is 5.91 Å². The molecule has 1 saturated heterocycles. The highest BCUT2D eigenvalue weighted by molar-refractivity contribution is 5.81. The second-order valence-corrected chi connectivity index (χ2v) is 4.89. The number of nitrogens with two attached hydrogens (primary N) is 1. The van der Waals surface area contributed by atoms with Gasteiger partial charge in [0, 0.05) is 19.7 Å². The summed E-state index contributed by atoms with van der Waals surface area (Å²) in [6.07, 6.45) is 2.39. The number of hydrogen-bond donors (Lipinski definition) is 1. The molecule has 0 saturated carbocycles. The van der Waals surface area contributed by atoms with E-state index in [1.807, 2.05) is 35.2 Å². The molecule has 19 heavy (non-hydrogen) atoms. The summed E-state index contributed by atoms with van der Waals surface area (Å²) in [5.41, 5.74) is 6.70. The summed E-state index contributed by atoms with van der Waals surface area (Å²) in [4.78, 5) is 14.3. The van der Waals surface area contributed by atoms with Gasteiger partial charge < -0.3 is 15.4 Å². The van der Waals surface area contributed by atoms with E-state index in [0.29, 0.717) is 26.2 Å². The molecule has 1 amide bonds. The Kier molecular flexibility index (Phi) is 5.36. The molecular weight excluding hydrogens is 240 g/mol. The average molecular weight is 262 g/mol. The van der Waals surface area contributed by atoms with Gasteiger partial charge in [0.1, 0.15) is 6.10 Å². The van der Waals surface area contributed by atoms with Gasteiger partial charge in [-0.2, -0.15) is 0 Å². The smallest absolute Gasteiger partial charge is 0.251 e. The van der Waals surface area contributed by atoms with E-state index in [1.54, 1.807) is 0 Å². The van der Waals surface area contributed by atoms with Crippen LogP contribution >= 0.6 is 0 Å². The van der Waals surface area contributed by atoms with Crippen molar-refractivity contribution < 1.29 is 9.53 Å². The predicted molar refractivity (Wildman–Crippen MR) is 74.5 cm³/mol. The number of nitrogens with zero attached hydrogens (tertiary/aromatic N) is 1. The zero-order valence-electron chi connectivity index (χ0n) is 11.3. The molecule has 0 aromatic heterocycles. The van der Waals surface area contributed by atoms with E-state index < -0.39 is 0 Å². The first kappa shape index (κ1) is 14.0. The van der Waals surface area contributed by atoms with Gasteiger partial charge in [0.2, 0.25) is 0 Å². The summed E-state index contributed by atoms with van der Waals surface area (Å²) < 4.78 is 5.49. The van der Waals surface area contributed by atoms with Crippen molar-refractivity contribution in [1.82, 2.24) is 4.90 Å². The molecule has 0 bridgehead atoms. The van der Waals surface area contributed by atoms with Crippen molar-refractivity contribution in [2.45, 2.75) is 31.9 Å². The van der Waals surface area contributed by atoms with Crippen molar-refractivity contribution in [2.24, 2.45) is 5.73 Å². The molecule has 0 spiro atoms. The van der Waals surface area contributed by atoms with Crippen LogP contribution in [0.4, 0.5) is 0 Å². The van der Waals surface area contributed by atoms with E-state index in [9.17, 15) is 4.79 Å². The molecule has 1 aliphatic heterocycles. The van der Waals surface area contributed by atoms with E-state index in [-0.39, 0.29) is 12.0 Å². The average Bonchev–Trinajstić information content (AvgIpc) is 2.98. The summed E-state index contributed by atoms with van der Waals surface area (Å²) in [7, 11) is 0. The van der Waals surface area contributed by atoms with E-state index in [4.69, 9.17) is 10.5 Å². The first-order chi connectivity index (χ1) is 9.31. The summed E-state index contributed by atoms with van der Waals surface area (Å²) >= 11 is 0. The van der Waals surface area contributed by atoms with Crippen LogP contribution in [-0.4, -0.2) is 36.6 Å². The summed E-state index contributed by atoms with van der Waals surface area (Å²) in [5, 5.41) is 0. The Balaban J connectivity index is 2.00. The minimum atomic E-state index is -0.249. The molecule has 0 aliphatic carbocycles. The molecule has 4 heteroatoms. The number of rotatable bonds is 6. The molecule has 2 N–H and O–H groups in total. The molecule has 1 aliphatic rings. The van der Waals surface area contributed by atoms with Crippen molar-refractivity contribution in [3.63, 3.8) is 0 Å². The molecule has 1 aromatic rings.